The van der Waals surface area contributed by atoms with Crippen LogP contribution in [0.1, 0.15) is 40.0 Å². The van der Waals surface area contributed by atoms with Gasteiger partial charge in [0.1, 0.15) is 0 Å². The summed E-state index contributed by atoms with van der Waals surface area (Å²) in [5.74, 6) is 2.48. The zero-order valence-corrected chi connectivity index (χ0v) is 8.56. The van der Waals surface area contributed by atoms with Crippen molar-refractivity contribution in [3.05, 3.63) is 0 Å². The summed E-state index contributed by atoms with van der Waals surface area (Å²) in [6.07, 6.45) is 4.13. The van der Waals surface area contributed by atoms with Crippen molar-refractivity contribution in [3.8, 4) is 0 Å². The highest BCUT2D eigenvalue weighted by Crippen LogP contribution is 2.37. The Bertz CT molecular complexity index is 120. The lowest BCUT2D eigenvalue weighted by molar-refractivity contribution is 0.181. The van der Waals surface area contributed by atoms with Crippen molar-refractivity contribution in [2.45, 2.75) is 45.4 Å². The van der Waals surface area contributed by atoms with Crippen LogP contribution >= 0.6 is 11.6 Å². The molecule has 0 aromatic rings. The van der Waals surface area contributed by atoms with Crippen molar-refractivity contribution >= 4 is 11.6 Å². The van der Waals surface area contributed by atoms with Crippen LogP contribution in [0.4, 0.5) is 0 Å². The van der Waals surface area contributed by atoms with Gasteiger partial charge in [-0.2, -0.15) is 0 Å². The van der Waals surface area contributed by atoms with Crippen LogP contribution in [-0.2, 0) is 0 Å². The van der Waals surface area contributed by atoms with E-state index in [4.69, 9.17) is 11.6 Å². The number of rotatable bonds is 1. The van der Waals surface area contributed by atoms with Crippen molar-refractivity contribution in [2.75, 3.05) is 0 Å². The summed E-state index contributed by atoms with van der Waals surface area (Å²) in [4.78, 5) is 0. The van der Waals surface area contributed by atoms with Gasteiger partial charge in [0.2, 0.25) is 0 Å². The molecule has 1 aliphatic rings. The third kappa shape index (κ3) is 2.11. The van der Waals surface area contributed by atoms with Gasteiger partial charge in [-0.25, -0.2) is 0 Å². The van der Waals surface area contributed by atoms with E-state index in [-0.39, 0.29) is 0 Å². The Labute approximate surface area is 75.3 Å². The van der Waals surface area contributed by atoms with Crippen LogP contribution in [0, 0.1) is 17.8 Å². The van der Waals surface area contributed by atoms with E-state index in [1.165, 1.54) is 19.3 Å². The number of alkyl halides is 1. The molecule has 0 N–H and O–H groups in total. The maximum absolute atomic E-state index is 6.12. The van der Waals surface area contributed by atoms with Crippen molar-refractivity contribution in [2.24, 2.45) is 17.8 Å². The molecule has 0 spiro atoms. The Hall–Kier alpha value is 0.290. The third-order valence-corrected chi connectivity index (χ3v) is 3.68. The van der Waals surface area contributed by atoms with Crippen molar-refractivity contribution in [1.82, 2.24) is 0 Å². The first-order valence-corrected chi connectivity index (χ1v) is 5.20. The van der Waals surface area contributed by atoms with Crippen molar-refractivity contribution < 1.29 is 0 Å². The summed E-state index contributed by atoms with van der Waals surface area (Å²) in [6, 6.07) is 0. The van der Waals surface area contributed by atoms with E-state index in [9.17, 15) is 0 Å². The quantitative estimate of drug-likeness (QED) is 0.532. The molecule has 0 saturated heterocycles. The zero-order valence-electron chi connectivity index (χ0n) is 7.81. The lowest BCUT2D eigenvalue weighted by Crippen LogP contribution is -2.29. The molecule has 1 saturated carbocycles. The highest BCUT2D eigenvalue weighted by atomic mass is 35.5. The lowest BCUT2D eigenvalue weighted by atomic mass is 9.73. The van der Waals surface area contributed by atoms with E-state index >= 15 is 0 Å². The topological polar surface area (TPSA) is 0 Å². The molecule has 1 rings (SSSR count). The van der Waals surface area contributed by atoms with Gasteiger partial charge in [-0.1, -0.05) is 26.7 Å². The fraction of sp³-hybridized carbons (Fsp3) is 1.00. The summed E-state index contributed by atoms with van der Waals surface area (Å²) in [7, 11) is 0. The number of hydrogen-bond acceptors (Lipinski definition) is 0. The molecule has 11 heavy (non-hydrogen) atoms. The van der Waals surface area contributed by atoms with E-state index < -0.39 is 0 Å². The SMILES string of the molecule is CC(Cl)C1CCCC(C)C1C. The van der Waals surface area contributed by atoms with Gasteiger partial charge >= 0.3 is 0 Å². The molecule has 0 heterocycles. The Kier molecular flexibility index (Phi) is 3.24. The van der Waals surface area contributed by atoms with Gasteiger partial charge in [-0.3, -0.25) is 0 Å². The van der Waals surface area contributed by atoms with E-state index in [0.717, 1.165) is 17.8 Å². The highest BCUT2D eigenvalue weighted by molar-refractivity contribution is 6.20. The minimum atomic E-state index is 0.368. The van der Waals surface area contributed by atoms with Crippen LogP contribution in [0.25, 0.3) is 0 Å². The Morgan fingerprint density at radius 2 is 1.91 bits per heavy atom. The summed E-state index contributed by atoms with van der Waals surface area (Å²) >= 11 is 6.12. The monoisotopic (exact) mass is 174 g/mol. The van der Waals surface area contributed by atoms with E-state index in [2.05, 4.69) is 20.8 Å². The predicted octanol–water partition coefficient (Wildman–Crippen LogP) is 3.69. The molecule has 0 aromatic carbocycles. The van der Waals surface area contributed by atoms with E-state index in [1.807, 2.05) is 0 Å². The summed E-state index contributed by atoms with van der Waals surface area (Å²) in [6.45, 7) is 6.85. The molecular formula is C10H19Cl. The molecule has 4 atom stereocenters. The standard InChI is InChI=1S/C10H19Cl/c1-7-5-4-6-10(8(7)2)9(3)11/h7-10H,4-6H2,1-3H3. The predicted molar refractivity (Wildman–Crippen MR) is 51.0 cm³/mol. The van der Waals surface area contributed by atoms with Crippen LogP contribution < -0.4 is 0 Å². The summed E-state index contributed by atoms with van der Waals surface area (Å²) in [5.41, 5.74) is 0. The molecule has 1 heteroatoms. The van der Waals surface area contributed by atoms with Crippen LogP contribution in [0.15, 0.2) is 0 Å². The second kappa shape index (κ2) is 3.80. The fourth-order valence-electron chi connectivity index (χ4n) is 2.27. The lowest BCUT2D eigenvalue weighted by Gasteiger charge is -2.35. The molecule has 0 amide bonds. The Morgan fingerprint density at radius 3 is 2.36 bits per heavy atom. The van der Waals surface area contributed by atoms with Crippen LogP contribution in [0.3, 0.4) is 0 Å². The molecule has 66 valence electrons. The van der Waals surface area contributed by atoms with Gasteiger partial charge in [-0.15, -0.1) is 11.6 Å². The average Bonchev–Trinajstić information content (AvgIpc) is 1.94. The molecule has 1 aliphatic carbocycles. The van der Waals surface area contributed by atoms with Gasteiger partial charge in [0.05, 0.1) is 0 Å². The van der Waals surface area contributed by atoms with Crippen LogP contribution in [0.2, 0.25) is 0 Å². The first-order valence-electron chi connectivity index (χ1n) is 4.77. The van der Waals surface area contributed by atoms with Crippen LogP contribution in [-0.4, -0.2) is 5.38 Å². The fourth-order valence-corrected chi connectivity index (χ4v) is 2.63. The minimum Gasteiger partial charge on any atom is -0.123 e. The zero-order chi connectivity index (χ0) is 8.43. The second-order valence-corrected chi connectivity index (χ2v) is 4.80. The van der Waals surface area contributed by atoms with Gasteiger partial charge in [0, 0.05) is 5.38 Å². The van der Waals surface area contributed by atoms with Gasteiger partial charge in [-0.05, 0) is 31.1 Å². The highest BCUT2D eigenvalue weighted by Gasteiger charge is 2.29. The smallest absolute Gasteiger partial charge is 0.0338 e. The Balaban J connectivity index is 2.51. The van der Waals surface area contributed by atoms with Crippen molar-refractivity contribution in [3.63, 3.8) is 0 Å². The molecule has 0 radical (unpaired) electrons. The molecule has 0 bridgehead atoms. The third-order valence-electron chi connectivity index (χ3n) is 3.36. The van der Waals surface area contributed by atoms with E-state index in [0.29, 0.717) is 5.38 Å². The molecule has 0 aliphatic heterocycles. The largest absolute Gasteiger partial charge is 0.123 e. The molecule has 0 nitrogen and oxygen atoms in total. The van der Waals surface area contributed by atoms with Crippen LogP contribution in [0.5, 0.6) is 0 Å². The van der Waals surface area contributed by atoms with Gasteiger partial charge in [0.15, 0.2) is 0 Å². The average molecular weight is 175 g/mol. The second-order valence-electron chi connectivity index (χ2n) is 4.11. The number of halogens is 1. The maximum Gasteiger partial charge on any atom is 0.0338 e. The van der Waals surface area contributed by atoms with Crippen molar-refractivity contribution in [1.29, 1.82) is 0 Å². The molecule has 4 unspecified atom stereocenters. The van der Waals surface area contributed by atoms with Gasteiger partial charge < -0.3 is 0 Å². The van der Waals surface area contributed by atoms with E-state index in [1.54, 1.807) is 0 Å². The summed E-state index contributed by atoms with van der Waals surface area (Å²) in [5, 5.41) is 0.368. The normalized spacial score (nSPS) is 42.0. The molecular weight excluding hydrogens is 156 g/mol. The number of hydrogen-bond donors (Lipinski definition) is 0. The minimum absolute atomic E-state index is 0.368. The Morgan fingerprint density at radius 1 is 1.27 bits per heavy atom. The first-order chi connectivity index (χ1) is 5.13. The maximum atomic E-state index is 6.12. The molecule has 1 fully saturated rings. The first kappa shape index (κ1) is 9.38. The van der Waals surface area contributed by atoms with Gasteiger partial charge in [0.25, 0.3) is 0 Å². The molecule has 0 aromatic heterocycles. The summed E-state index contributed by atoms with van der Waals surface area (Å²) < 4.78 is 0.